The summed E-state index contributed by atoms with van der Waals surface area (Å²) in [7, 11) is 2.93. The van der Waals surface area contributed by atoms with Crippen molar-refractivity contribution in [2.45, 2.75) is 32.6 Å². The van der Waals surface area contributed by atoms with Crippen LogP contribution >= 0.6 is 0 Å². The summed E-state index contributed by atoms with van der Waals surface area (Å²) in [5, 5.41) is 14.6. The molecule has 3 rings (SSSR count). The molecule has 0 amide bonds. The van der Waals surface area contributed by atoms with Crippen molar-refractivity contribution in [2.24, 2.45) is 19.2 Å². The highest BCUT2D eigenvalue weighted by atomic mass is 16.5. The van der Waals surface area contributed by atoms with E-state index in [9.17, 15) is 14.7 Å². The number of fused-ring (bicyclic) bond motifs is 1. The van der Waals surface area contributed by atoms with E-state index in [1.54, 1.807) is 24.7 Å². The monoisotopic (exact) mass is 415 g/mol. The second kappa shape index (κ2) is 9.01. The fraction of sp³-hybridized carbons (Fsp3) is 0.421. The van der Waals surface area contributed by atoms with E-state index in [4.69, 9.17) is 4.74 Å². The first kappa shape index (κ1) is 21.4. The van der Waals surface area contributed by atoms with E-state index < -0.39 is 17.4 Å². The highest BCUT2D eigenvalue weighted by Crippen LogP contribution is 2.16. The Morgan fingerprint density at radius 2 is 2.07 bits per heavy atom. The summed E-state index contributed by atoms with van der Waals surface area (Å²) in [5.41, 5.74) is 2.93. The molecule has 3 aromatic rings. The van der Waals surface area contributed by atoms with E-state index in [-0.39, 0.29) is 36.4 Å². The summed E-state index contributed by atoms with van der Waals surface area (Å²) in [4.78, 5) is 33.4. The van der Waals surface area contributed by atoms with Gasteiger partial charge in [-0.05, 0) is 19.9 Å². The predicted molar refractivity (Wildman–Crippen MR) is 113 cm³/mol. The maximum atomic E-state index is 12.8. The van der Waals surface area contributed by atoms with Crippen molar-refractivity contribution in [1.82, 2.24) is 23.7 Å². The molecule has 1 atom stereocenters. The molecule has 2 N–H and O–H groups in total. The lowest BCUT2D eigenvalue weighted by atomic mass is 10.3. The van der Waals surface area contributed by atoms with Crippen LogP contribution in [0.5, 0.6) is 0 Å². The highest BCUT2D eigenvalue weighted by Gasteiger charge is 2.21. The molecule has 3 heterocycles. The second-order valence-electron chi connectivity index (χ2n) is 7.12. The standard InChI is InChI=1S/C19H25N7O4/c1-12(2)30-11-14(27)10-26-15-16(24(3)19(29)25(4)17(15)28)22-18(26)23-21-9-13-6-5-7-20-8-13/h5-9,12,14,27H,10-11H2,1-4H3,(H,22,23)/b21-9-/t14-/m1/s1. The minimum absolute atomic E-state index is 0.0292. The Morgan fingerprint density at radius 1 is 1.30 bits per heavy atom. The summed E-state index contributed by atoms with van der Waals surface area (Å²) < 4.78 is 9.25. The SMILES string of the molecule is CC(C)OC[C@H](O)Cn1c(N/N=C\c2cccnc2)nc2c1c(=O)n(C)c(=O)n2C. The number of hydrogen-bond donors (Lipinski definition) is 2. The second-order valence-corrected chi connectivity index (χ2v) is 7.12. The van der Waals surface area contributed by atoms with E-state index in [1.807, 2.05) is 19.9 Å². The number of pyridine rings is 1. The number of rotatable bonds is 8. The number of aliphatic hydroxyl groups is 1. The van der Waals surface area contributed by atoms with Gasteiger partial charge in [0.1, 0.15) is 0 Å². The average molecular weight is 415 g/mol. The lowest BCUT2D eigenvalue weighted by Gasteiger charge is -2.16. The molecule has 0 aliphatic rings. The Labute approximate surface area is 172 Å². The van der Waals surface area contributed by atoms with Crippen molar-refractivity contribution in [2.75, 3.05) is 12.0 Å². The lowest BCUT2D eigenvalue weighted by molar-refractivity contribution is -0.000109. The zero-order valence-electron chi connectivity index (χ0n) is 17.3. The van der Waals surface area contributed by atoms with Crippen molar-refractivity contribution in [1.29, 1.82) is 0 Å². The largest absolute Gasteiger partial charge is 0.389 e. The van der Waals surface area contributed by atoms with E-state index in [0.29, 0.717) is 0 Å². The van der Waals surface area contributed by atoms with Crippen molar-refractivity contribution in [3.05, 3.63) is 50.9 Å². The molecule has 0 aromatic carbocycles. The Hall–Kier alpha value is -3.31. The number of hydrogen-bond acceptors (Lipinski definition) is 8. The van der Waals surface area contributed by atoms with Gasteiger partial charge in [0.2, 0.25) is 5.95 Å². The molecule has 0 saturated carbocycles. The van der Waals surface area contributed by atoms with Crippen molar-refractivity contribution >= 4 is 23.3 Å². The van der Waals surface area contributed by atoms with E-state index in [0.717, 1.165) is 10.1 Å². The Balaban J connectivity index is 2.02. The average Bonchev–Trinajstić information content (AvgIpc) is 3.08. The summed E-state index contributed by atoms with van der Waals surface area (Å²) in [6.45, 7) is 3.85. The molecule has 0 unspecified atom stereocenters. The maximum absolute atomic E-state index is 12.8. The minimum atomic E-state index is -0.894. The number of aryl methyl sites for hydroxylation is 1. The van der Waals surface area contributed by atoms with Crippen molar-refractivity contribution < 1.29 is 9.84 Å². The van der Waals surface area contributed by atoms with Crippen LogP contribution in [0.15, 0.2) is 39.2 Å². The number of aliphatic hydroxyl groups excluding tert-OH is 1. The van der Waals surface area contributed by atoms with Gasteiger partial charge in [-0.15, -0.1) is 0 Å². The number of hydrazone groups is 1. The Kier molecular flexibility index (Phi) is 6.43. The summed E-state index contributed by atoms with van der Waals surface area (Å²) >= 11 is 0. The smallest absolute Gasteiger partial charge is 0.332 e. The molecular formula is C19H25N7O4. The molecule has 11 nitrogen and oxygen atoms in total. The van der Waals surface area contributed by atoms with Crippen LogP contribution in [0.2, 0.25) is 0 Å². The van der Waals surface area contributed by atoms with Gasteiger partial charge in [0.05, 0.1) is 31.6 Å². The highest BCUT2D eigenvalue weighted by molar-refractivity contribution is 5.80. The molecule has 11 heteroatoms. The van der Waals surface area contributed by atoms with E-state index in [1.165, 1.54) is 23.2 Å². The molecule has 160 valence electrons. The number of ether oxygens (including phenoxy) is 1. The van der Waals surface area contributed by atoms with Gasteiger partial charge in [0.15, 0.2) is 11.2 Å². The number of anilines is 1. The lowest BCUT2D eigenvalue weighted by Crippen LogP contribution is -2.38. The number of imidazole rings is 1. The van der Waals surface area contributed by atoms with Crippen LogP contribution in [0.3, 0.4) is 0 Å². The summed E-state index contributed by atoms with van der Waals surface area (Å²) in [6, 6.07) is 3.61. The predicted octanol–water partition coefficient (Wildman–Crippen LogP) is 0.0606. The molecule has 0 saturated heterocycles. The van der Waals surface area contributed by atoms with Crippen LogP contribution in [0.25, 0.3) is 11.2 Å². The molecule has 0 fully saturated rings. The van der Waals surface area contributed by atoms with E-state index in [2.05, 4.69) is 20.5 Å². The zero-order chi connectivity index (χ0) is 21.8. The molecule has 30 heavy (non-hydrogen) atoms. The quantitative estimate of drug-likeness (QED) is 0.393. The number of nitrogens with one attached hydrogen (secondary N) is 1. The summed E-state index contributed by atoms with van der Waals surface area (Å²) in [5.74, 6) is 0.215. The van der Waals surface area contributed by atoms with Crippen LogP contribution in [-0.2, 0) is 25.4 Å². The first-order valence-corrected chi connectivity index (χ1v) is 9.44. The normalized spacial score (nSPS) is 12.9. The van der Waals surface area contributed by atoms with Gasteiger partial charge in [-0.3, -0.25) is 18.9 Å². The summed E-state index contributed by atoms with van der Waals surface area (Å²) in [6.07, 6.45) is 3.90. The van der Waals surface area contributed by atoms with Gasteiger partial charge in [-0.25, -0.2) is 10.2 Å². The Bertz CT molecular complexity index is 1160. The van der Waals surface area contributed by atoms with Gasteiger partial charge in [0, 0.05) is 32.1 Å². The maximum Gasteiger partial charge on any atom is 0.332 e. The third kappa shape index (κ3) is 4.47. The van der Waals surface area contributed by atoms with Gasteiger partial charge in [0.25, 0.3) is 5.56 Å². The molecule has 3 aromatic heterocycles. The third-order valence-electron chi connectivity index (χ3n) is 4.43. The molecule has 0 bridgehead atoms. The molecule has 0 radical (unpaired) electrons. The third-order valence-corrected chi connectivity index (χ3v) is 4.43. The minimum Gasteiger partial charge on any atom is -0.389 e. The molecule has 0 aliphatic carbocycles. The van der Waals surface area contributed by atoms with Crippen LogP contribution in [0.4, 0.5) is 5.95 Å². The number of aromatic nitrogens is 5. The van der Waals surface area contributed by atoms with Crippen LogP contribution in [0.1, 0.15) is 19.4 Å². The van der Waals surface area contributed by atoms with Crippen molar-refractivity contribution in [3.63, 3.8) is 0 Å². The van der Waals surface area contributed by atoms with Crippen LogP contribution in [-0.4, -0.2) is 53.8 Å². The fourth-order valence-corrected chi connectivity index (χ4v) is 2.89. The first-order chi connectivity index (χ1) is 14.3. The van der Waals surface area contributed by atoms with Gasteiger partial charge in [-0.1, -0.05) is 6.07 Å². The van der Waals surface area contributed by atoms with E-state index >= 15 is 0 Å². The molecular weight excluding hydrogens is 390 g/mol. The van der Waals surface area contributed by atoms with Crippen LogP contribution in [0, 0.1) is 0 Å². The Morgan fingerprint density at radius 3 is 2.73 bits per heavy atom. The topological polar surface area (TPSA) is 129 Å². The van der Waals surface area contributed by atoms with Gasteiger partial charge in [-0.2, -0.15) is 10.1 Å². The fourth-order valence-electron chi connectivity index (χ4n) is 2.89. The number of nitrogens with zero attached hydrogens (tertiary/aromatic N) is 6. The first-order valence-electron chi connectivity index (χ1n) is 9.44. The zero-order valence-corrected chi connectivity index (χ0v) is 17.3. The molecule has 0 aliphatic heterocycles. The van der Waals surface area contributed by atoms with Gasteiger partial charge >= 0.3 is 5.69 Å². The molecule has 0 spiro atoms. The van der Waals surface area contributed by atoms with Crippen molar-refractivity contribution in [3.8, 4) is 0 Å². The van der Waals surface area contributed by atoms with Gasteiger partial charge < -0.3 is 14.4 Å². The van der Waals surface area contributed by atoms with Crippen LogP contribution < -0.4 is 16.7 Å².